The van der Waals surface area contributed by atoms with Gasteiger partial charge in [0, 0.05) is 15.6 Å². The number of carbonyl (C=O) groups excluding carboxylic acids is 2. The van der Waals surface area contributed by atoms with Crippen LogP contribution >= 0.6 is 22.9 Å². The number of ether oxygens (including phenoxy) is 1. The number of hydrogen-bond donors (Lipinski definition) is 2. The van der Waals surface area contributed by atoms with Gasteiger partial charge in [-0.15, -0.1) is 11.3 Å². The summed E-state index contributed by atoms with van der Waals surface area (Å²) in [5, 5.41) is 7.11. The molecule has 0 saturated heterocycles. The molecule has 172 valence electrons. The Balaban J connectivity index is 1.58. The van der Waals surface area contributed by atoms with Crippen LogP contribution in [0.5, 0.6) is 5.75 Å². The predicted molar refractivity (Wildman–Crippen MR) is 135 cm³/mol. The number of rotatable bonds is 6. The van der Waals surface area contributed by atoms with E-state index in [1.54, 1.807) is 31.2 Å². The number of carbonyl (C=O) groups is 2. The van der Waals surface area contributed by atoms with E-state index < -0.39 is 6.10 Å². The molecular formula is C26H27ClN2O3S. The summed E-state index contributed by atoms with van der Waals surface area (Å²) in [5.74, 6) is 0.556. The molecule has 2 N–H and O–H groups in total. The van der Waals surface area contributed by atoms with Crippen LogP contribution in [0.1, 0.15) is 46.6 Å². The highest BCUT2D eigenvalue weighted by Crippen LogP contribution is 2.40. The first kappa shape index (κ1) is 23.3. The van der Waals surface area contributed by atoms with E-state index in [2.05, 4.69) is 17.6 Å². The average molecular weight is 483 g/mol. The minimum atomic E-state index is -0.756. The summed E-state index contributed by atoms with van der Waals surface area (Å²) in [6, 6.07) is 14.6. The molecule has 0 saturated carbocycles. The number of thiophene rings is 1. The normalized spacial score (nSPS) is 15.9. The third kappa shape index (κ3) is 5.40. The summed E-state index contributed by atoms with van der Waals surface area (Å²) in [6.45, 7) is 5.85. The van der Waals surface area contributed by atoms with E-state index >= 15 is 0 Å². The monoisotopic (exact) mass is 482 g/mol. The van der Waals surface area contributed by atoms with Crippen LogP contribution in [-0.4, -0.2) is 17.9 Å². The molecule has 1 aromatic heterocycles. The predicted octanol–water partition coefficient (Wildman–Crippen LogP) is 6.49. The van der Waals surface area contributed by atoms with Crippen molar-refractivity contribution in [1.82, 2.24) is 0 Å². The second kappa shape index (κ2) is 9.98. The van der Waals surface area contributed by atoms with Crippen molar-refractivity contribution in [2.24, 2.45) is 5.92 Å². The Hall–Kier alpha value is -2.83. The van der Waals surface area contributed by atoms with Gasteiger partial charge in [0.05, 0.1) is 5.56 Å². The third-order valence-electron chi connectivity index (χ3n) is 5.85. The SMILES string of the molecule is Cc1ccccc1NC(=O)c1c(NC(=O)[C@H](C)Oc2cccc(Cl)c2)sc2c1CC[C@@H](C)C2. The smallest absolute Gasteiger partial charge is 0.265 e. The molecule has 2 amide bonds. The van der Waals surface area contributed by atoms with Crippen molar-refractivity contribution >= 4 is 45.4 Å². The Kier molecular flexibility index (Phi) is 7.05. The lowest BCUT2D eigenvalue weighted by molar-refractivity contribution is -0.122. The lowest BCUT2D eigenvalue weighted by Gasteiger charge is -2.19. The number of aryl methyl sites for hydroxylation is 1. The molecule has 0 aliphatic heterocycles. The zero-order valence-corrected chi connectivity index (χ0v) is 20.5. The molecule has 0 unspecified atom stereocenters. The number of amides is 2. The molecule has 0 radical (unpaired) electrons. The summed E-state index contributed by atoms with van der Waals surface area (Å²) in [5.41, 5.74) is 3.36. The number of hydrogen-bond acceptors (Lipinski definition) is 4. The van der Waals surface area contributed by atoms with E-state index in [1.807, 2.05) is 31.2 Å². The highest BCUT2D eigenvalue weighted by molar-refractivity contribution is 7.17. The number of halogens is 1. The quantitative estimate of drug-likeness (QED) is 0.421. The lowest BCUT2D eigenvalue weighted by atomic mass is 9.88. The van der Waals surface area contributed by atoms with Gasteiger partial charge in [-0.05, 0) is 74.4 Å². The second-order valence-corrected chi connectivity index (χ2v) is 10.1. The van der Waals surface area contributed by atoms with Crippen molar-refractivity contribution in [3.05, 3.63) is 75.1 Å². The fourth-order valence-electron chi connectivity index (χ4n) is 3.99. The van der Waals surface area contributed by atoms with Crippen LogP contribution in [0.15, 0.2) is 48.5 Å². The van der Waals surface area contributed by atoms with E-state index in [-0.39, 0.29) is 11.8 Å². The highest BCUT2D eigenvalue weighted by atomic mass is 35.5. The van der Waals surface area contributed by atoms with E-state index in [1.165, 1.54) is 16.2 Å². The van der Waals surface area contributed by atoms with Gasteiger partial charge in [0.25, 0.3) is 11.8 Å². The fraction of sp³-hybridized carbons (Fsp3) is 0.308. The summed E-state index contributed by atoms with van der Waals surface area (Å²) in [7, 11) is 0. The maximum atomic E-state index is 13.4. The van der Waals surface area contributed by atoms with Crippen LogP contribution in [-0.2, 0) is 17.6 Å². The van der Waals surface area contributed by atoms with Crippen LogP contribution in [0.3, 0.4) is 0 Å². The number of anilines is 2. The Labute approximate surface area is 203 Å². The molecular weight excluding hydrogens is 456 g/mol. The summed E-state index contributed by atoms with van der Waals surface area (Å²) in [6.07, 6.45) is 2.01. The van der Waals surface area contributed by atoms with Gasteiger partial charge in [-0.2, -0.15) is 0 Å². The molecule has 0 fully saturated rings. The molecule has 3 aromatic rings. The summed E-state index contributed by atoms with van der Waals surface area (Å²) < 4.78 is 5.77. The van der Waals surface area contributed by atoms with Gasteiger partial charge in [-0.25, -0.2) is 0 Å². The zero-order valence-electron chi connectivity index (χ0n) is 18.9. The van der Waals surface area contributed by atoms with Gasteiger partial charge >= 0.3 is 0 Å². The molecule has 0 spiro atoms. The molecule has 33 heavy (non-hydrogen) atoms. The number of benzene rings is 2. The second-order valence-electron chi connectivity index (χ2n) is 8.53. The molecule has 1 aliphatic carbocycles. The van der Waals surface area contributed by atoms with Gasteiger partial charge in [0.1, 0.15) is 10.8 Å². The summed E-state index contributed by atoms with van der Waals surface area (Å²) in [4.78, 5) is 27.5. The van der Waals surface area contributed by atoms with Crippen molar-refractivity contribution in [3.8, 4) is 5.75 Å². The molecule has 7 heteroatoms. The van der Waals surface area contributed by atoms with Crippen molar-refractivity contribution in [1.29, 1.82) is 0 Å². The van der Waals surface area contributed by atoms with Crippen molar-refractivity contribution < 1.29 is 14.3 Å². The average Bonchev–Trinajstić information content (AvgIpc) is 3.12. The van der Waals surface area contributed by atoms with Crippen LogP contribution in [0.2, 0.25) is 5.02 Å². The van der Waals surface area contributed by atoms with E-state index in [4.69, 9.17) is 16.3 Å². The minimum Gasteiger partial charge on any atom is -0.481 e. The molecule has 2 atom stereocenters. The Bertz CT molecular complexity index is 1190. The van der Waals surface area contributed by atoms with E-state index in [0.29, 0.717) is 27.3 Å². The van der Waals surface area contributed by atoms with Gasteiger partial charge in [0.2, 0.25) is 0 Å². The van der Waals surface area contributed by atoms with Crippen molar-refractivity contribution in [2.45, 2.75) is 46.1 Å². The topological polar surface area (TPSA) is 67.4 Å². The maximum Gasteiger partial charge on any atom is 0.265 e. The Morgan fingerprint density at radius 3 is 2.70 bits per heavy atom. The van der Waals surface area contributed by atoms with Crippen LogP contribution in [0, 0.1) is 12.8 Å². The zero-order chi connectivity index (χ0) is 23.5. The Morgan fingerprint density at radius 2 is 1.94 bits per heavy atom. The van der Waals surface area contributed by atoms with Crippen LogP contribution < -0.4 is 15.4 Å². The van der Waals surface area contributed by atoms with Gasteiger partial charge in [-0.1, -0.05) is 42.8 Å². The first-order valence-electron chi connectivity index (χ1n) is 11.1. The molecule has 5 nitrogen and oxygen atoms in total. The number of para-hydroxylation sites is 1. The fourth-order valence-corrected chi connectivity index (χ4v) is 5.58. The molecule has 1 heterocycles. The maximum absolute atomic E-state index is 13.4. The first-order valence-corrected chi connectivity index (χ1v) is 12.3. The van der Waals surface area contributed by atoms with Crippen LogP contribution in [0.25, 0.3) is 0 Å². The molecule has 1 aliphatic rings. The standard InChI is InChI=1S/C26H27ClN2O3S/c1-15-11-12-20-22(13-15)33-26(23(20)25(31)28-21-10-5-4-7-16(21)2)29-24(30)17(3)32-19-9-6-8-18(27)14-19/h4-10,14-15,17H,11-13H2,1-3H3,(H,28,31)(H,29,30)/t15-,17+/m1/s1. The van der Waals surface area contributed by atoms with Gasteiger partial charge in [0.15, 0.2) is 6.10 Å². The van der Waals surface area contributed by atoms with E-state index in [0.717, 1.165) is 36.1 Å². The van der Waals surface area contributed by atoms with Crippen molar-refractivity contribution in [2.75, 3.05) is 10.6 Å². The Morgan fingerprint density at radius 1 is 1.15 bits per heavy atom. The van der Waals surface area contributed by atoms with Gasteiger partial charge in [-0.3, -0.25) is 9.59 Å². The highest BCUT2D eigenvalue weighted by Gasteiger charge is 2.29. The minimum absolute atomic E-state index is 0.199. The van der Waals surface area contributed by atoms with Gasteiger partial charge < -0.3 is 15.4 Å². The summed E-state index contributed by atoms with van der Waals surface area (Å²) >= 11 is 7.51. The number of fused-ring (bicyclic) bond motifs is 1. The molecule has 2 aromatic carbocycles. The van der Waals surface area contributed by atoms with Crippen LogP contribution in [0.4, 0.5) is 10.7 Å². The third-order valence-corrected chi connectivity index (χ3v) is 7.25. The molecule has 0 bridgehead atoms. The number of nitrogens with one attached hydrogen (secondary N) is 2. The molecule has 4 rings (SSSR count). The lowest BCUT2D eigenvalue weighted by Crippen LogP contribution is -2.30. The van der Waals surface area contributed by atoms with Crippen molar-refractivity contribution in [3.63, 3.8) is 0 Å². The van der Waals surface area contributed by atoms with E-state index in [9.17, 15) is 9.59 Å². The first-order chi connectivity index (χ1) is 15.8. The largest absolute Gasteiger partial charge is 0.481 e.